The molecular formula is C56H106O6. The summed E-state index contributed by atoms with van der Waals surface area (Å²) in [7, 11) is 0. The fourth-order valence-corrected chi connectivity index (χ4v) is 8.31. The normalized spacial score (nSPS) is 12.0. The highest BCUT2D eigenvalue weighted by atomic mass is 16.6. The van der Waals surface area contributed by atoms with Gasteiger partial charge in [-0.3, -0.25) is 14.4 Å². The third-order valence-electron chi connectivity index (χ3n) is 12.5. The Morgan fingerprint density at radius 2 is 0.548 bits per heavy atom. The molecule has 0 unspecified atom stereocenters. The van der Waals surface area contributed by atoms with Gasteiger partial charge in [-0.05, 0) is 38.5 Å². The summed E-state index contributed by atoms with van der Waals surface area (Å²) in [6, 6.07) is 0. The van der Waals surface area contributed by atoms with Gasteiger partial charge in [0, 0.05) is 19.3 Å². The molecule has 0 saturated heterocycles. The quantitative estimate of drug-likeness (QED) is 0.0262. The molecule has 0 spiro atoms. The van der Waals surface area contributed by atoms with Gasteiger partial charge in [-0.1, -0.05) is 264 Å². The first kappa shape index (κ1) is 60.2. The molecule has 1 atom stereocenters. The zero-order valence-electron chi connectivity index (χ0n) is 41.9. The van der Waals surface area contributed by atoms with E-state index in [-0.39, 0.29) is 31.1 Å². The number of hydrogen-bond acceptors (Lipinski definition) is 6. The van der Waals surface area contributed by atoms with E-state index in [0.717, 1.165) is 64.2 Å². The van der Waals surface area contributed by atoms with E-state index >= 15 is 0 Å². The fourth-order valence-electron chi connectivity index (χ4n) is 8.31. The summed E-state index contributed by atoms with van der Waals surface area (Å²) in [5.41, 5.74) is 0. The maximum atomic E-state index is 12.8. The maximum Gasteiger partial charge on any atom is 0.306 e. The standard InChI is InChI=1S/C56H106O6/c1-4-7-10-13-16-19-22-24-26-28-30-31-34-37-40-43-46-49-55(58)61-52-53(51-60-54(57)48-45-42-39-36-33-21-18-15-12-9-6-3)62-56(59)50-47-44-41-38-35-32-29-27-25-23-20-17-14-11-8-5-2/h15,18,53H,4-14,16-17,19-52H2,1-3H3/b18-15-/t53-/m1/s1. The van der Waals surface area contributed by atoms with E-state index in [1.54, 1.807) is 0 Å². The van der Waals surface area contributed by atoms with Gasteiger partial charge in [0.2, 0.25) is 0 Å². The lowest BCUT2D eigenvalue weighted by Crippen LogP contribution is -2.30. The Balaban J connectivity index is 4.28. The van der Waals surface area contributed by atoms with Crippen LogP contribution in [0.15, 0.2) is 12.2 Å². The van der Waals surface area contributed by atoms with Gasteiger partial charge in [-0.15, -0.1) is 0 Å². The summed E-state index contributed by atoms with van der Waals surface area (Å²) in [5.74, 6) is -0.856. The number of allylic oxidation sites excluding steroid dienone is 2. The van der Waals surface area contributed by atoms with Crippen molar-refractivity contribution >= 4 is 17.9 Å². The molecule has 0 aromatic carbocycles. The van der Waals surface area contributed by atoms with Crippen molar-refractivity contribution < 1.29 is 28.6 Å². The van der Waals surface area contributed by atoms with Gasteiger partial charge in [0.25, 0.3) is 0 Å². The molecule has 6 nitrogen and oxygen atoms in total. The highest BCUT2D eigenvalue weighted by Crippen LogP contribution is 2.17. The van der Waals surface area contributed by atoms with E-state index in [1.807, 2.05) is 0 Å². The molecule has 0 aliphatic carbocycles. The number of carbonyl (C=O) groups excluding carboxylic acids is 3. The molecule has 0 saturated carbocycles. The Morgan fingerprint density at radius 3 is 0.855 bits per heavy atom. The topological polar surface area (TPSA) is 78.9 Å². The Morgan fingerprint density at radius 1 is 0.306 bits per heavy atom. The number of unbranched alkanes of at least 4 members (excludes halogenated alkanes) is 38. The second-order valence-electron chi connectivity index (χ2n) is 18.9. The average molecular weight is 875 g/mol. The van der Waals surface area contributed by atoms with E-state index in [9.17, 15) is 14.4 Å². The molecule has 62 heavy (non-hydrogen) atoms. The monoisotopic (exact) mass is 875 g/mol. The SMILES string of the molecule is CCCC/C=C\CCCCCCCC(=O)OC[C@H](COC(=O)CCCCCCCCCCCCCCCCCCC)OC(=O)CCCCCCCCCCCCCCCCCC. The lowest BCUT2D eigenvalue weighted by atomic mass is 10.0. The Bertz CT molecular complexity index is 962. The van der Waals surface area contributed by atoms with Crippen LogP contribution in [0.25, 0.3) is 0 Å². The van der Waals surface area contributed by atoms with Gasteiger partial charge in [0.1, 0.15) is 13.2 Å². The predicted octanol–water partition coefficient (Wildman–Crippen LogP) is 18.2. The molecule has 0 N–H and O–H groups in total. The van der Waals surface area contributed by atoms with Crippen LogP contribution in [-0.2, 0) is 28.6 Å². The van der Waals surface area contributed by atoms with Crippen molar-refractivity contribution in [3.05, 3.63) is 12.2 Å². The molecule has 0 rings (SSSR count). The summed E-state index contributed by atoms with van der Waals surface area (Å²) >= 11 is 0. The molecule has 0 radical (unpaired) electrons. The van der Waals surface area contributed by atoms with E-state index < -0.39 is 6.10 Å². The number of esters is 3. The summed E-state index contributed by atoms with van der Waals surface area (Å²) in [5, 5.41) is 0. The van der Waals surface area contributed by atoms with Crippen LogP contribution in [0.5, 0.6) is 0 Å². The predicted molar refractivity (Wildman–Crippen MR) is 266 cm³/mol. The van der Waals surface area contributed by atoms with Crippen LogP contribution < -0.4 is 0 Å². The van der Waals surface area contributed by atoms with Crippen LogP contribution in [0.1, 0.15) is 310 Å². The molecule has 0 aromatic rings. The third kappa shape index (κ3) is 49.2. The van der Waals surface area contributed by atoms with E-state index in [2.05, 4.69) is 32.9 Å². The second-order valence-corrected chi connectivity index (χ2v) is 18.9. The van der Waals surface area contributed by atoms with E-state index in [4.69, 9.17) is 14.2 Å². The molecule has 0 fully saturated rings. The minimum Gasteiger partial charge on any atom is -0.462 e. The fraction of sp³-hybridized carbons (Fsp3) is 0.911. The molecule has 0 amide bonds. The molecule has 0 heterocycles. The van der Waals surface area contributed by atoms with Gasteiger partial charge in [-0.25, -0.2) is 0 Å². The minimum absolute atomic E-state index is 0.0668. The Labute approximate surface area is 386 Å². The molecular weight excluding hydrogens is 769 g/mol. The number of ether oxygens (including phenoxy) is 3. The summed E-state index contributed by atoms with van der Waals surface area (Å²) in [4.78, 5) is 38.0. The van der Waals surface area contributed by atoms with Crippen LogP contribution in [0.4, 0.5) is 0 Å². The Kier molecular flexibility index (Phi) is 50.2. The molecule has 0 aliphatic rings. The average Bonchev–Trinajstić information content (AvgIpc) is 3.27. The summed E-state index contributed by atoms with van der Waals surface area (Å²) < 4.78 is 16.8. The lowest BCUT2D eigenvalue weighted by molar-refractivity contribution is -0.167. The van der Waals surface area contributed by atoms with E-state index in [0.29, 0.717) is 19.3 Å². The van der Waals surface area contributed by atoms with Crippen molar-refractivity contribution in [3.8, 4) is 0 Å². The largest absolute Gasteiger partial charge is 0.462 e. The molecule has 0 aromatic heterocycles. The third-order valence-corrected chi connectivity index (χ3v) is 12.5. The molecule has 366 valence electrons. The zero-order valence-corrected chi connectivity index (χ0v) is 41.9. The molecule has 0 bridgehead atoms. The minimum atomic E-state index is -0.766. The van der Waals surface area contributed by atoms with Crippen molar-refractivity contribution in [2.24, 2.45) is 0 Å². The second kappa shape index (κ2) is 51.8. The van der Waals surface area contributed by atoms with Gasteiger partial charge < -0.3 is 14.2 Å². The lowest BCUT2D eigenvalue weighted by Gasteiger charge is -2.18. The first-order valence-corrected chi connectivity index (χ1v) is 27.7. The van der Waals surface area contributed by atoms with Crippen molar-refractivity contribution in [3.63, 3.8) is 0 Å². The van der Waals surface area contributed by atoms with Crippen LogP contribution >= 0.6 is 0 Å². The highest BCUT2D eigenvalue weighted by Gasteiger charge is 2.19. The van der Waals surface area contributed by atoms with Crippen LogP contribution in [0.3, 0.4) is 0 Å². The number of rotatable bonds is 51. The van der Waals surface area contributed by atoms with Gasteiger partial charge in [0.15, 0.2) is 6.10 Å². The van der Waals surface area contributed by atoms with Crippen LogP contribution in [-0.4, -0.2) is 37.2 Å². The number of hydrogen-bond donors (Lipinski definition) is 0. The van der Waals surface area contributed by atoms with Gasteiger partial charge >= 0.3 is 17.9 Å². The number of carbonyl (C=O) groups is 3. The Hall–Kier alpha value is -1.85. The summed E-state index contributed by atoms with van der Waals surface area (Å²) in [6.45, 7) is 6.65. The van der Waals surface area contributed by atoms with Gasteiger partial charge in [-0.2, -0.15) is 0 Å². The first-order valence-electron chi connectivity index (χ1n) is 27.7. The van der Waals surface area contributed by atoms with Crippen LogP contribution in [0, 0.1) is 0 Å². The highest BCUT2D eigenvalue weighted by molar-refractivity contribution is 5.71. The van der Waals surface area contributed by atoms with Crippen LogP contribution in [0.2, 0.25) is 0 Å². The van der Waals surface area contributed by atoms with Crippen molar-refractivity contribution in [2.75, 3.05) is 13.2 Å². The first-order chi connectivity index (χ1) is 30.5. The maximum absolute atomic E-state index is 12.8. The smallest absolute Gasteiger partial charge is 0.306 e. The zero-order chi connectivity index (χ0) is 45.1. The molecule has 6 heteroatoms. The van der Waals surface area contributed by atoms with Crippen molar-refractivity contribution in [2.45, 2.75) is 316 Å². The summed E-state index contributed by atoms with van der Waals surface area (Å²) in [6.07, 6.45) is 57.7. The van der Waals surface area contributed by atoms with Gasteiger partial charge in [0.05, 0.1) is 0 Å². The molecule has 0 aliphatic heterocycles. The van der Waals surface area contributed by atoms with E-state index in [1.165, 1.54) is 205 Å². The van der Waals surface area contributed by atoms with Crippen molar-refractivity contribution in [1.29, 1.82) is 0 Å². The van der Waals surface area contributed by atoms with Crippen molar-refractivity contribution in [1.82, 2.24) is 0 Å².